The lowest BCUT2D eigenvalue weighted by atomic mass is 9.75. The average molecular weight is 325 g/mol. The fourth-order valence-electron chi connectivity index (χ4n) is 3.35. The van der Waals surface area contributed by atoms with Gasteiger partial charge in [-0.1, -0.05) is 13.3 Å². The molecule has 1 aliphatic heterocycles. The highest BCUT2D eigenvalue weighted by Gasteiger charge is 2.36. The van der Waals surface area contributed by atoms with Crippen molar-refractivity contribution < 1.29 is 14.4 Å². The highest BCUT2D eigenvalue weighted by atomic mass is 32.2. The van der Waals surface area contributed by atoms with Crippen molar-refractivity contribution in [3.8, 4) is 0 Å². The number of thioether (sulfide) groups is 1. The number of hydroxylamine groups is 1. The number of nitrogens with one attached hydrogen (secondary N) is 1. The van der Waals surface area contributed by atoms with Crippen LogP contribution in [0.5, 0.6) is 0 Å². The fraction of sp³-hybridized carbons (Fsp3) is 0.765. The molecule has 0 aromatic heterocycles. The molecule has 0 aromatic rings. The van der Waals surface area contributed by atoms with Gasteiger partial charge in [-0.15, -0.1) is 0 Å². The van der Waals surface area contributed by atoms with Crippen LogP contribution in [0.4, 0.5) is 0 Å². The summed E-state index contributed by atoms with van der Waals surface area (Å²) in [5.41, 5.74) is 3.88. The van der Waals surface area contributed by atoms with E-state index >= 15 is 0 Å². The first-order valence-corrected chi connectivity index (χ1v) is 9.57. The largest absolute Gasteiger partial charge is 0.294 e. The van der Waals surface area contributed by atoms with Gasteiger partial charge >= 0.3 is 0 Å². The van der Waals surface area contributed by atoms with Crippen molar-refractivity contribution in [1.29, 1.82) is 0 Å². The van der Waals surface area contributed by atoms with Crippen LogP contribution in [0.15, 0.2) is 11.3 Å². The number of Topliss-reactive ketones (excluding diaryl/α,β-unsaturated/α-hetero) is 2. The van der Waals surface area contributed by atoms with Gasteiger partial charge in [0.05, 0.1) is 17.9 Å². The molecule has 5 heteroatoms. The molecule has 22 heavy (non-hydrogen) atoms. The molecule has 4 nitrogen and oxygen atoms in total. The lowest BCUT2D eigenvalue weighted by molar-refractivity contribution is -0.126. The molecular formula is C17H27NO3S. The predicted octanol–water partition coefficient (Wildman–Crippen LogP) is 3.27. The lowest BCUT2D eigenvalue weighted by Crippen LogP contribution is -2.35. The summed E-state index contributed by atoms with van der Waals surface area (Å²) < 4.78 is 0. The van der Waals surface area contributed by atoms with Crippen LogP contribution in [-0.4, -0.2) is 29.7 Å². The Bertz CT molecular complexity index is 421. The minimum atomic E-state index is 0.00692. The first-order chi connectivity index (χ1) is 10.7. The summed E-state index contributed by atoms with van der Waals surface area (Å²) in [6.45, 7) is 4.42. The van der Waals surface area contributed by atoms with E-state index in [2.05, 4.69) is 5.48 Å². The average Bonchev–Trinajstić information content (AvgIpc) is 2.52. The van der Waals surface area contributed by atoms with E-state index in [0.717, 1.165) is 18.6 Å². The van der Waals surface area contributed by atoms with Crippen molar-refractivity contribution in [2.24, 2.45) is 11.8 Å². The molecule has 124 valence electrons. The maximum atomic E-state index is 12.6. The maximum Gasteiger partial charge on any atom is 0.168 e. The molecule has 0 amide bonds. The SMILES string of the molecule is CCCC(NOCC)=C1C(=O)CC(C2CCCSC2)CC1=O. The summed E-state index contributed by atoms with van der Waals surface area (Å²) >= 11 is 1.96. The summed E-state index contributed by atoms with van der Waals surface area (Å²) in [5, 5.41) is 0. The molecule has 2 aliphatic rings. The number of hydrogen-bond acceptors (Lipinski definition) is 5. The maximum absolute atomic E-state index is 12.6. The monoisotopic (exact) mass is 325 g/mol. The van der Waals surface area contributed by atoms with E-state index in [1.807, 2.05) is 25.6 Å². The zero-order valence-electron chi connectivity index (χ0n) is 13.7. The quantitative estimate of drug-likeness (QED) is 0.461. The number of carbonyl (C=O) groups excluding carboxylic acids is 2. The Hall–Kier alpha value is -0.810. The van der Waals surface area contributed by atoms with Gasteiger partial charge < -0.3 is 0 Å². The van der Waals surface area contributed by atoms with Crippen LogP contribution in [0.1, 0.15) is 52.4 Å². The third kappa shape index (κ3) is 4.35. The smallest absolute Gasteiger partial charge is 0.168 e. The van der Waals surface area contributed by atoms with Gasteiger partial charge in [0.2, 0.25) is 0 Å². The van der Waals surface area contributed by atoms with Gasteiger partial charge in [0.1, 0.15) is 0 Å². The van der Waals surface area contributed by atoms with Gasteiger partial charge in [-0.25, -0.2) is 0 Å². The van der Waals surface area contributed by atoms with Gasteiger partial charge in [0.15, 0.2) is 11.6 Å². The van der Waals surface area contributed by atoms with Crippen LogP contribution in [0, 0.1) is 11.8 Å². The van der Waals surface area contributed by atoms with Crippen molar-refractivity contribution in [1.82, 2.24) is 5.48 Å². The summed E-state index contributed by atoms with van der Waals surface area (Å²) in [5.74, 6) is 3.10. The number of rotatable bonds is 6. The van der Waals surface area contributed by atoms with Crippen molar-refractivity contribution in [3.05, 3.63) is 11.3 Å². The Morgan fingerprint density at radius 2 is 1.95 bits per heavy atom. The molecule has 0 radical (unpaired) electrons. The highest BCUT2D eigenvalue weighted by Crippen LogP contribution is 2.37. The molecule has 1 unspecified atom stereocenters. The topological polar surface area (TPSA) is 55.4 Å². The van der Waals surface area contributed by atoms with E-state index in [4.69, 9.17) is 4.84 Å². The number of ketones is 2. The van der Waals surface area contributed by atoms with E-state index in [9.17, 15) is 9.59 Å². The molecule has 2 rings (SSSR count). The molecule has 1 atom stereocenters. The molecule has 1 aliphatic carbocycles. The second kappa shape index (κ2) is 8.73. The molecule has 1 saturated carbocycles. The van der Waals surface area contributed by atoms with Crippen LogP contribution in [0.25, 0.3) is 0 Å². The Kier molecular flexibility index (Phi) is 6.96. The third-order valence-corrected chi connectivity index (χ3v) is 5.70. The Morgan fingerprint density at radius 3 is 2.50 bits per heavy atom. The number of allylic oxidation sites excluding steroid dienone is 2. The van der Waals surface area contributed by atoms with E-state index in [1.54, 1.807) is 0 Å². The van der Waals surface area contributed by atoms with Crippen molar-refractivity contribution >= 4 is 23.3 Å². The van der Waals surface area contributed by atoms with Crippen molar-refractivity contribution in [2.75, 3.05) is 18.1 Å². The van der Waals surface area contributed by atoms with E-state index in [1.165, 1.54) is 12.2 Å². The van der Waals surface area contributed by atoms with Gasteiger partial charge in [0, 0.05) is 12.8 Å². The van der Waals surface area contributed by atoms with E-state index in [0.29, 0.717) is 43.1 Å². The lowest BCUT2D eigenvalue weighted by Gasteiger charge is -2.32. The summed E-state index contributed by atoms with van der Waals surface area (Å²) in [7, 11) is 0. The molecule has 1 saturated heterocycles. The standard InChI is InChI=1S/C17H27NO3S/c1-3-6-14(18-21-4-2)17-15(19)9-13(10-16(17)20)12-7-5-8-22-11-12/h12-13,18H,3-11H2,1-2H3. The third-order valence-electron chi connectivity index (χ3n) is 4.46. The Balaban J connectivity index is 2.11. The molecule has 2 fully saturated rings. The Morgan fingerprint density at radius 1 is 1.23 bits per heavy atom. The molecule has 1 N–H and O–H groups in total. The first kappa shape index (κ1) is 17.5. The van der Waals surface area contributed by atoms with Crippen LogP contribution in [0.3, 0.4) is 0 Å². The molecular weight excluding hydrogens is 298 g/mol. The zero-order valence-corrected chi connectivity index (χ0v) is 14.5. The van der Waals surface area contributed by atoms with Gasteiger partial charge in [-0.2, -0.15) is 11.8 Å². The molecule has 0 aromatic carbocycles. The second-order valence-electron chi connectivity index (χ2n) is 6.13. The van der Waals surface area contributed by atoms with Crippen LogP contribution in [-0.2, 0) is 14.4 Å². The van der Waals surface area contributed by atoms with Crippen LogP contribution < -0.4 is 5.48 Å². The van der Waals surface area contributed by atoms with E-state index in [-0.39, 0.29) is 17.5 Å². The van der Waals surface area contributed by atoms with Crippen molar-refractivity contribution in [2.45, 2.75) is 52.4 Å². The van der Waals surface area contributed by atoms with Crippen LogP contribution >= 0.6 is 11.8 Å². The molecule has 0 bridgehead atoms. The summed E-state index contributed by atoms with van der Waals surface area (Å²) in [6.07, 6.45) is 4.97. The fourth-order valence-corrected chi connectivity index (χ4v) is 4.63. The molecule has 1 heterocycles. The number of carbonyl (C=O) groups is 2. The van der Waals surface area contributed by atoms with Crippen LogP contribution in [0.2, 0.25) is 0 Å². The van der Waals surface area contributed by atoms with Gasteiger partial charge in [0.25, 0.3) is 0 Å². The highest BCUT2D eigenvalue weighted by molar-refractivity contribution is 7.99. The van der Waals surface area contributed by atoms with E-state index < -0.39 is 0 Å². The first-order valence-electron chi connectivity index (χ1n) is 8.42. The predicted molar refractivity (Wildman–Crippen MR) is 89.5 cm³/mol. The normalized spacial score (nSPS) is 26.2. The minimum Gasteiger partial charge on any atom is -0.294 e. The second-order valence-corrected chi connectivity index (χ2v) is 7.28. The zero-order chi connectivity index (χ0) is 15.9. The molecule has 0 spiro atoms. The van der Waals surface area contributed by atoms with Crippen molar-refractivity contribution in [3.63, 3.8) is 0 Å². The number of hydrogen-bond donors (Lipinski definition) is 1. The van der Waals surface area contributed by atoms with Gasteiger partial charge in [-0.3, -0.25) is 19.9 Å². The summed E-state index contributed by atoms with van der Waals surface area (Å²) in [6, 6.07) is 0. The van der Waals surface area contributed by atoms with Gasteiger partial charge in [-0.05, 0) is 49.5 Å². The Labute approximate surface area is 137 Å². The minimum absolute atomic E-state index is 0.00692. The summed E-state index contributed by atoms with van der Waals surface area (Å²) in [4.78, 5) is 30.3.